The number of ether oxygens (including phenoxy) is 1. The molecule has 1 aliphatic heterocycles. The van der Waals surface area contributed by atoms with E-state index in [0.717, 1.165) is 30.7 Å². The molecule has 11 nitrogen and oxygen atoms in total. The number of hydrogen-bond donors (Lipinski definition) is 2. The van der Waals surface area contributed by atoms with Crippen molar-refractivity contribution in [3.05, 3.63) is 65.3 Å². The number of benzene rings is 1. The number of hydrogen-bond acceptors (Lipinski definition) is 10. The average molecular weight is 522 g/mol. The van der Waals surface area contributed by atoms with Gasteiger partial charge in [0.1, 0.15) is 15.7 Å². The van der Waals surface area contributed by atoms with Crippen LogP contribution in [0.1, 0.15) is 0 Å². The fourth-order valence-corrected chi connectivity index (χ4v) is 4.69. The Balaban J connectivity index is 1.56. The van der Waals surface area contributed by atoms with Crippen LogP contribution in [0.3, 0.4) is 0 Å². The number of rotatable bonds is 7. The first-order valence-corrected chi connectivity index (χ1v) is 13.8. The van der Waals surface area contributed by atoms with Crippen molar-refractivity contribution >= 4 is 43.8 Å². The number of nitrogens with zero attached hydrogens (tertiary/aromatic N) is 5. The Morgan fingerprint density at radius 2 is 1.78 bits per heavy atom. The van der Waals surface area contributed by atoms with Gasteiger partial charge in [0, 0.05) is 61.4 Å². The predicted octanol–water partition coefficient (Wildman–Crippen LogP) is 2.06. The molecule has 0 bridgehead atoms. The van der Waals surface area contributed by atoms with Gasteiger partial charge in [-0.3, -0.25) is 4.79 Å². The predicted molar refractivity (Wildman–Crippen MR) is 144 cm³/mol. The molecule has 0 unspecified atom stereocenters. The van der Waals surface area contributed by atoms with Crippen molar-refractivity contribution in [2.45, 2.75) is 6.54 Å². The minimum atomic E-state index is -3.24. The fraction of sp³-hybridized carbons (Fsp3) is 0.280. The molecule has 37 heavy (non-hydrogen) atoms. The number of pyridine rings is 2. The van der Waals surface area contributed by atoms with Crippen molar-refractivity contribution in [3.63, 3.8) is 0 Å². The third kappa shape index (κ3) is 5.70. The van der Waals surface area contributed by atoms with E-state index < -0.39 is 9.84 Å². The average Bonchev–Trinajstić information content (AvgIpc) is 2.89. The Morgan fingerprint density at radius 3 is 2.46 bits per heavy atom. The van der Waals surface area contributed by atoms with E-state index in [-0.39, 0.29) is 23.8 Å². The summed E-state index contributed by atoms with van der Waals surface area (Å²) in [4.78, 5) is 28.5. The highest BCUT2D eigenvalue weighted by Gasteiger charge is 2.16. The van der Waals surface area contributed by atoms with E-state index >= 15 is 0 Å². The summed E-state index contributed by atoms with van der Waals surface area (Å²) in [6.07, 6.45) is 5.89. The highest BCUT2D eigenvalue weighted by atomic mass is 32.2. The summed E-state index contributed by atoms with van der Waals surface area (Å²) < 4.78 is 30.2. The Morgan fingerprint density at radius 1 is 1.08 bits per heavy atom. The van der Waals surface area contributed by atoms with Gasteiger partial charge in [-0.05, 0) is 41.8 Å². The number of aromatic nitrogens is 4. The van der Waals surface area contributed by atoms with Gasteiger partial charge in [0.05, 0.1) is 30.0 Å². The normalized spacial score (nSPS) is 14.1. The van der Waals surface area contributed by atoms with Crippen LogP contribution in [-0.4, -0.2) is 66.2 Å². The molecule has 1 aliphatic rings. The van der Waals surface area contributed by atoms with Gasteiger partial charge in [-0.2, -0.15) is 0 Å². The smallest absolute Gasteiger partial charge is 0.262 e. The first-order chi connectivity index (χ1) is 17.8. The molecule has 0 radical (unpaired) electrons. The van der Waals surface area contributed by atoms with Gasteiger partial charge in [-0.25, -0.2) is 23.4 Å². The van der Waals surface area contributed by atoms with Gasteiger partial charge in [0.2, 0.25) is 5.95 Å². The van der Waals surface area contributed by atoms with Crippen LogP contribution in [0.2, 0.25) is 0 Å². The molecule has 0 spiro atoms. The van der Waals surface area contributed by atoms with Gasteiger partial charge in [0.15, 0.2) is 0 Å². The fourth-order valence-electron chi connectivity index (χ4n) is 4.17. The molecule has 192 valence electrons. The van der Waals surface area contributed by atoms with Crippen LogP contribution in [0.25, 0.3) is 22.0 Å². The van der Waals surface area contributed by atoms with E-state index in [1.54, 1.807) is 30.7 Å². The lowest BCUT2D eigenvalue weighted by Gasteiger charge is -2.29. The van der Waals surface area contributed by atoms with Crippen molar-refractivity contribution in [1.82, 2.24) is 19.5 Å². The minimum absolute atomic E-state index is 0.0504. The molecular weight excluding hydrogens is 494 g/mol. The molecule has 4 aromatic rings. The SMILES string of the molecule is CS(=O)(=O)CCn1ccc2cc(-c3cnc(N)nc3)nc(Nc3ccc(N4CCOCC4)cc3)c2c1=O. The first-order valence-electron chi connectivity index (χ1n) is 11.8. The van der Waals surface area contributed by atoms with Crippen LogP contribution in [0, 0.1) is 0 Å². The lowest BCUT2D eigenvalue weighted by molar-refractivity contribution is 0.122. The molecule has 12 heteroatoms. The maximum atomic E-state index is 13.4. The molecule has 3 N–H and O–H groups in total. The number of sulfone groups is 1. The Hall–Kier alpha value is -4.03. The quantitative estimate of drug-likeness (QED) is 0.371. The number of nitrogens with two attached hydrogens (primary N) is 1. The third-order valence-electron chi connectivity index (χ3n) is 6.14. The van der Waals surface area contributed by atoms with E-state index in [1.807, 2.05) is 24.3 Å². The minimum Gasteiger partial charge on any atom is -0.378 e. The highest BCUT2D eigenvalue weighted by molar-refractivity contribution is 7.90. The van der Waals surface area contributed by atoms with Crippen LogP contribution < -0.4 is 21.5 Å². The van der Waals surface area contributed by atoms with Crippen molar-refractivity contribution in [2.75, 3.05) is 54.3 Å². The van der Waals surface area contributed by atoms with Crippen molar-refractivity contribution in [1.29, 1.82) is 0 Å². The summed E-state index contributed by atoms with van der Waals surface area (Å²) in [7, 11) is -3.24. The first kappa shape index (κ1) is 24.7. The van der Waals surface area contributed by atoms with Crippen LogP contribution in [0.15, 0.2) is 59.8 Å². The van der Waals surface area contributed by atoms with Crippen molar-refractivity contribution in [2.24, 2.45) is 0 Å². The molecule has 5 rings (SSSR count). The topological polar surface area (TPSA) is 145 Å². The van der Waals surface area contributed by atoms with Crippen LogP contribution in [0.5, 0.6) is 0 Å². The Labute approximate surface area is 213 Å². The van der Waals surface area contributed by atoms with E-state index in [9.17, 15) is 13.2 Å². The zero-order valence-corrected chi connectivity index (χ0v) is 21.1. The van der Waals surface area contributed by atoms with Gasteiger partial charge in [-0.1, -0.05) is 0 Å². The highest BCUT2D eigenvalue weighted by Crippen LogP contribution is 2.28. The van der Waals surface area contributed by atoms with E-state index in [4.69, 9.17) is 15.5 Å². The number of fused-ring (bicyclic) bond motifs is 1. The molecule has 1 fully saturated rings. The summed E-state index contributed by atoms with van der Waals surface area (Å²) in [5.41, 5.74) is 8.35. The standard InChI is InChI=1S/C25H27N7O4S/c1-37(34,35)13-10-32-7-6-17-14-21(18-15-27-25(26)28-16-18)30-23(22(17)24(32)33)29-19-2-4-20(5-3-19)31-8-11-36-12-9-31/h2-7,14-16H,8-13H2,1H3,(H,29,30)(H2,26,27,28). The van der Waals surface area contributed by atoms with Gasteiger partial charge < -0.3 is 25.3 Å². The zero-order valence-electron chi connectivity index (χ0n) is 20.3. The number of aryl methyl sites for hydroxylation is 1. The second kappa shape index (κ2) is 10.1. The number of nitrogen functional groups attached to an aromatic ring is 1. The molecular formula is C25H27N7O4S. The number of morpholine rings is 1. The van der Waals surface area contributed by atoms with Crippen molar-refractivity contribution < 1.29 is 13.2 Å². The largest absolute Gasteiger partial charge is 0.378 e. The van der Waals surface area contributed by atoms with Gasteiger partial charge in [-0.15, -0.1) is 0 Å². The number of anilines is 4. The Kier molecular flexibility index (Phi) is 6.76. The summed E-state index contributed by atoms with van der Waals surface area (Å²) in [5.74, 6) is 0.359. The van der Waals surface area contributed by atoms with Crippen LogP contribution >= 0.6 is 0 Å². The second-order valence-corrected chi connectivity index (χ2v) is 11.1. The van der Waals surface area contributed by atoms with Gasteiger partial charge >= 0.3 is 0 Å². The summed E-state index contributed by atoms with van der Waals surface area (Å²) in [6, 6.07) is 11.4. The molecule has 0 saturated carbocycles. The van der Waals surface area contributed by atoms with Crippen molar-refractivity contribution in [3.8, 4) is 11.3 Å². The van der Waals surface area contributed by atoms with E-state index in [0.29, 0.717) is 41.1 Å². The van der Waals surface area contributed by atoms with E-state index in [1.165, 1.54) is 4.57 Å². The molecule has 1 saturated heterocycles. The molecule has 0 atom stereocenters. The third-order valence-corrected chi connectivity index (χ3v) is 7.06. The summed E-state index contributed by atoms with van der Waals surface area (Å²) >= 11 is 0. The molecule has 0 amide bonds. The maximum absolute atomic E-state index is 13.4. The monoisotopic (exact) mass is 521 g/mol. The lowest BCUT2D eigenvalue weighted by atomic mass is 10.1. The lowest BCUT2D eigenvalue weighted by Crippen LogP contribution is -2.36. The second-order valence-electron chi connectivity index (χ2n) is 8.87. The zero-order chi connectivity index (χ0) is 26.0. The Bertz CT molecular complexity index is 1580. The van der Waals surface area contributed by atoms with E-state index in [2.05, 4.69) is 20.2 Å². The van der Waals surface area contributed by atoms with Crippen LogP contribution in [-0.2, 0) is 21.1 Å². The summed E-state index contributed by atoms with van der Waals surface area (Å²) in [5, 5.41) is 4.29. The molecule has 4 heterocycles. The molecule has 3 aromatic heterocycles. The molecule has 0 aliphatic carbocycles. The van der Waals surface area contributed by atoms with Gasteiger partial charge in [0.25, 0.3) is 5.56 Å². The maximum Gasteiger partial charge on any atom is 0.262 e. The number of nitrogens with one attached hydrogen (secondary N) is 1. The molecule has 1 aromatic carbocycles. The van der Waals surface area contributed by atoms with Crippen LogP contribution in [0.4, 0.5) is 23.1 Å². The summed E-state index contributed by atoms with van der Waals surface area (Å²) in [6.45, 7) is 3.11.